The number of carbonyl (C=O) groups excluding carboxylic acids is 1. The summed E-state index contributed by atoms with van der Waals surface area (Å²) in [6.45, 7) is 4.47. The summed E-state index contributed by atoms with van der Waals surface area (Å²) >= 11 is 3.10. The summed E-state index contributed by atoms with van der Waals surface area (Å²) in [5.41, 5.74) is 1.08. The van der Waals surface area contributed by atoms with Crippen LogP contribution in [0.4, 0.5) is 4.39 Å². The van der Waals surface area contributed by atoms with Gasteiger partial charge in [-0.1, -0.05) is 23.9 Å². The Morgan fingerprint density at radius 2 is 2.04 bits per heavy atom. The fourth-order valence-corrected chi connectivity index (χ4v) is 5.06. The molecule has 1 aromatic rings. The average molecular weight is 427 g/mol. The number of hydrogen-bond donors (Lipinski definition) is 1. The van der Waals surface area contributed by atoms with Gasteiger partial charge in [-0.15, -0.1) is 0 Å². The van der Waals surface area contributed by atoms with Gasteiger partial charge in [-0.2, -0.15) is 0 Å². The second-order valence-corrected chi connectivity index (χ2v) is 9.73. The third-order valence-electron chi connectivity index (χ3n) is 5.51. The van der Waals surface area contributed by atoms with Gasteiger partial charge in [0.25, 0.3) is 5.91 Å². The van der Waals surface area contributed by atoms with Crippen LogP contribution < -0.4 is 9.46 Å². The zero-order valence-electron chi connectivity index (χ0n) is 16.1. The van der Waals surface area contributed by atoms with Crippen molar-refractivity contribution in [3.63, 3.8) is 0 Å². The molecule has 3 fully saturated rings. The summed E-state index contributed by atoms with van der Waals surface area (Å²) in [4.78, 5) is 12.1. The Labute approximate surface area is 174 Å². The number of ether oxygens (including phenoxy) is 2. The van der Waals surface area contributed by atoms with Gasteiger partial charge in [0.2, 0.25) is 0 Å². The number of carbonyl (C=O) groups is 1. The van der Waals surface area contributed by atoms with E-state index in [-0.39, 0.29) is 11.5 Å². The van der Waals surface area contributed by atoms with E-state index in [0.29, 0.717) is 29.4 Å². The van der Waals surface area contributed by atoms with Crippen LogP contribution in [0.1, 0.15) is 47.5 Å². The van der Waals surface area contributed by atoms with E-state index in [0.717, 1.165) is 57.6 Å². The molecule has 0 unspecified atom stereocenters. The highest BCUT2D eigenvalue weighted by Crippen LogP contribution is 2.45. The fourth-order valence-electron chi connectivity index (χ4n) is 3.61. The van der Waals surface area contributed by atoms with Crippen LogP contribution in [-0.2, 0) is 4.74 Å². The molecule has 5 nitrogen and oxygen atoms in total. The summed E-state index contributed by atoms with van der Waals surface area (Å²) in [6, 6.07) is 3.10. The molecule has 2 aliphatic heterocycles. The Morgan fingerprint density at radius 3 is 2.64 bits per heavy atom. The van der Waals surface area contributed by atoms with Gasteiger partial charge in [-0.25, -0.2) is 4.39 Å². The molecule has 0 atom stereocenters. The van der Waals surface area contributed by atoms with Gasteiger partial charge in [0, 0.05) is 25.4 Å². The molecule has 1 aliphatic carbocycles. The number of rotatable bonds is 8. The third-order valence-corrected chi connectivity index (χ3v) is 7.13. The molecule has 1 aromatic carbocycles. The number of nitrogens with zero attached hydrogens (tertiary/aromatic N) is 1. The highest BCUT2D eigenvalue weighted by molar-refractivity contribution is 7.97. The average Bonchev–Trinajstić information content (AvgIpc) is 3.49. The monoisotopic (exact) mass is 426 g/mol. The van der Waals surface area contributed by atoms with Crippen molar-refractivity contribution >= 4 is 29.8 Å². The van der Waals surface area contributed by atoms with Crippen LogP contribution >= 0.6 is 23.9 Å². The topological polar surface area (TPSA) is 50.8 Å². The van der Waals surface area contributed by atoms with E-state index in [9.17, 15) is 9.18 Å². The lowest BCUT2D eigenvalue weighted by molar-refractivity contribution is 0.0436. The summed E-state index contributed by atoms with van der Waals surface area (Å²) in [5.74, 6) is 0.590. The van der Waals surface area contributed by atoms with E-state index in [1.807, 2.05) is 11.9 Å². The molecule has 4 rings (SSSR count). The van der Waals surface area contributed by atoms with Gasteiger partial charge in [0.1, 0.15) is 11.6 Å². The molecule has 3 aliphatic rings. The van der Waals surface area contributed by atoms with Crippen LogP contribution in [0, 0.1) is 11.7 Å². The quantitative estimate of drug-likeness (QED) is 0.638. The van der Waals surface area contributed by atoms with Crippen molar-refractivity contribution in [2.24, 2.45) is 5.92 Å². The van der Waals surface area contributed by atoms with Gasteiger partial charge >= 0.3 is 0 Å². The first-order valence-corrected chi connectivity index (χ1v) is 12.0. The number of halogens is 1. The summed E-state index contributed by atoms with van der Waals surface area (Å²) in [6.07, 6.45) is 6.09. The highest BCUT2D eigenvalue weighted by atomic mass is 32.2. The van der Waals surface area contributed by atoms with Crippen molar-refractivity contribution in [2.75, 3.05) is 39.2 Å². The summed E-state index contributed by atoms with van der Waals surface area (Å²) in [5, 5.41) is 0.624. The highest BCUT2D eigenvalue weighted by Gasteiger charge is 2.30. The van der Waals surface area contributed by atoms with E-state index in [1.54, 1.807) is 12.3 Å². The molecule has 1 amide bonds. The Morgan fingerprint density at radius 1 is 1.29 bits per heavy atom. The van der Waals surface area contributed by atoms with Crippen LogP contribution in [0.5, 0.6) is 5.75 Å². The minimum Gasteiger partial charge on any atom is -0.493 e. The largest absolute Gasteiger partial charge is 0.493 e. The van der Waals surface area contributed by atoms with Gasteiger partial charge in [-0.3, -0.25) is 13.8 Å². The summed E-state index contributed by atoms with van der Waals surface area (Å²) in [7, 11) is 0. The van der Waals surface area contributed by atoms with Gasteiger partial charge in [-0.05, 0) is 49.1 Å². The van der Waals surface area contributed by atoms with E-state index in [4.69, 9.17) is 9.47 Å². The Kier molecular flexibility index (Phi) is 6.70. The SMILES string of the molecule is CSNC(=O)c1cc(C2CC2)c(OCC2CCN(SC3COC3)CC2)cc1F. The molecule has 154 valence electrons. The minimum atomic E-state index is -0.514. The van der Waals surface area contributed by atoms with Crippen LogP contribution in [0.15, 0.2) is 12.1 Å². The summed E-state index contributed by atoms with van der Waals surface area (Å²) < 4.78 is 30.9. The second kappa shape index (κ2) is 9.24. The molecule has 8 heteroatoms. The van der Waals surface area contributed by atoms with Gasteiger partial charge in [0.15, 0.2) is 0 Å². The Hall–Kier alpha value is -0.960. The molecule has 2 heterocycles. The smallest absolute Gasteiger partial charge is 0.264 e. The molecule has 0 aromatic heterocycles. The second-order valence-electron chi connectivity index (χ2n) is 7.73. The molecule has 0 spiro atoms. The standard InChI is InChI=1S/C20H27FN2O3S2/c1-27-22-20(24)17-8-16(14-2-3-14)19(9-18(17)21)26-10-13-4-6-23(7-5-13)28-15-11-25-12-15/h8-9,13-15H,2-7,10-12H2,1H3,(H,22,24). The Bertz CT molecular complexity index is 705. The zero-order chi connectivity index (χ0) is 19.5. The molecule has 0 radical (unpaired) electrons. The zero-order valence-corrected chi connectivity index (χ0v) is 17.8. The number of amides is 1. The van der Waals surface area contributed by atoms with Crippen LogP contribution in [0.25, 0.3) is 0 Å². The van der Waals surface area contributed by atoms with Crippen molar-refractivity contribution in [1.82, 2.24) is 9.03 Å². The fraction of sp³-hybridized carbons (Fsp3) is 0.650. The molecule has 1 N–H and O–H groups in total. The van der Waals surface area contributed by atoms with E-state index in [1.165, 1.54) is 18.0 Å². The number of nitrogens with one attached hydrogen (secondary N) is 1. The van der Waals surface area contributed by atoms with Gasteiger partial charge in [0.05, 0.1) is 30.6 Å². The normalized spacial score (nSPS) is 21.4. The molecule has 2 saturated heterocycles. The first-order valence-electron chi connectivity index (χ1n) is 9.93. The van der Waals surface area contributed by atoms with E-state index in [2.05, 4.69) is 9.03 Å². The van der Waals surface area contributed by atoms with Crippen LogP contribution in [0.2, 0.25) is 0 Å². The maximum Gasteiger partial charge on any atom is 0.264 e. The lowest BCUT2D eigenvalue weighted by Gasteiger charge is -2.35. The predicted molar refractivity (Wildman–Crippen MR) is 111 cm³/mol. The van der Waals surface area contributed by atoms with Crippen molar-refractivity contribution in [2.45, 2.75) is 36.9 Å². The van der Waals surface area contributed by atoms with Crippen LogP contribution in [0.3, 0.4) is 0 Å². The van der Waals surface area contributed by atoms with E-state index >= 15 is 0 Å². The molecule has 28 heavy (non-hydrogen) atoms. The Balaban J connectivity index is 1.34. The lowest BCUT2D eigenvalue weighted by Crippen LogP contribution is -2.38. The maximum atomic E-state index is 14.5. The maximum absolute atomic E-state index is 14.5. The molecule has 1 saturated carbocycles. The lowest BCUT2D eigenvalue weighted by atomic mass is 9.99. The van der Waals surface area contributed by atoms with Gasteiger partial charge < -0.3 is 9.47 Å². The minimum absolute atomic E-state index is 0.105. The predicted octanol–water partition coefficient (Wildman–Crippen LogP) is 3.85. The van der Waals surface area contributed by atoms with Crippen molar-refractivity contribution in [1.29, 1.82) is 0 Å². The van der Waals surface area contributed by atoms with Crippen LogP contribution in [-0.4, -0.2) is 54.6 Å². The molecular formula is C20H27FN2O3S2. The van der Waals surface area contributed by atoms with E-state index < -0.39 is 5.82 Å². The van der Waals surface area contributed by atoms with Crippen molar-refractivity contribution in [3.05, 3.63) is 29.1 Å². The first-order chi connectivity index (χ1) is 13.6. The number of benzene rings is 1. The van der Waals surface area contributed by atoms with Crippen molar-refractivity contribution < 1.29 is 18.7 Å². The molecule has 0 bridgehead atoms. The number of piperidine rings is 1. The number of hydrogen-bond acceptors (Lipinski definition) is 6. The van der Waals surface area contributed by atoms with Crippen molar-refractivity contribution in [3.8, 4) is 5.75 Å². The first kappa shape index (κ1) is 20.3. The molecular weight excluding hydrogens is 399 g/mol. The third kappa shape index (κ3) is 4.96.